The van der Waals surface area contributed by atoms with Gasteiger partial charge in [-0.2, -0.15) is 0 Å². The zero-order chi connectivity index (χ0) is 20.9. The van der Waals surface area contributed by atoms with Crippen molar-refractivity contribution in [2.24, 2.45) is 0 Å². The number of nitrogens with one attached hydrogen (secondary N) is 1. The van der Waals surface area contributed by atoms with Crippen LogP contribution in [-0.2, 0) is 11.2 Å². The summed E-state index contributed by atoms with van der Waals surface area (Å²) in [6.45, 7) is 7.50. The Hall–Kier alpha value is -3.41. The van der Waals surface area contributed by atoms with Gasteiger partial charge in [-0.15, -0.1) is 0 Å². The molecule has 29 heavy (non-hydrogen) atoms. The first-order valence-electron chi connectivity index (χ1n) is 9.28. The topological polar surface area (TPSA) is 72.5 Å². The van der Waals surface area contributed by atoms with Gasteiger partial charge in [0.15, 0.2) is 0 Å². The van der Waals surface area contributed by atoms with Crippen LogP contribution < -0.4 is 10.9 Å². The van der Waals surface area contributed by atoms with Crippen LogP contribution in [0.1, 0.15) is 28.0 Å². The predicted octanol–water partition coefficient (Wildman–Crippen LogP) is 5.09. The quantitative estimate of drug-likeness (QED) is 0.492. The minimum atomic E-state index is -0.582. The van der Waals surface area contributed by atoms with Crippen molar-refractivity contribution in [1.82, 2.24) is 0 Å². The fourth-order valence-corrected chi connectivity index (χ4v) is 3.61. The summed E-state index contributed by atoms with van der Waals surface area (Å²) in [5, 5.41) is 4.21. The number of anilines is 1. The molecule has 0 fully saturated rings. The van der Waals surface area contributed by atoms with E-state index in [0.717, 1.165) is 27.7 Å². The van der Waals surface area contributed by atoms with E-state index in [4.69, 9.17) is 8.83 Å². The molecule has 6 heteroatoms. The highest BCUT2D eigenvalue weighted by molar-refractivity contribution is 6.01. The number of fused-ring (bicyclic) bond motifs is 2. The Morgan fingerprint density at radius 3 is 2.34 bits per heavy atom. The van der Waals surface area contributed by atoms with E-state index >= 15 is 0 Å². The number of hydrogen-bond acceptors (Lipinski definition) is 4. The number of para-hydroxylation sites is 1. The monoisotopic (exact) mass is 393 g/mol. The third kappa shape index (κ3) is 3.10. The molecule has 1 amide bonds. The predicted molar refractivity (Wildman–Crippen MR) is 110 cm³/mol. The van der Waals surface area contributed by atoms with Crippen LogP contribution in [0.5, 0.6) is 0 Å². The molecule has 0 atom stereocenters. The van der Waals surface area contributed by atoms with E-state index < -0.39 is 17.3 Å². The zero-order valence-electron chi connectivity index (χ0n) is 16.6. The van der Waals surface area contributed by atoms with E-state index in [0.29, 0.717) is 16.7 Å². The van der Waals surface area contributed by atoms with Crippen LogP contribution in [0.25, 0.3) is 21.9 Å². The second-order valence-corrected chi connectivity index (χ2v) is 7.24. The molecule has 1 N–H and O–H groups in total. The number of rotatable bonds is 3. The van der Waals surface area contributed by atoms with E-state index in [2.05, 4.69) is 5.32 Å². The van der Waals surface area contributed by atoms with Crippen LogP contribution in [0.4, 0.5) is 10.1 Å². The first kappa shape index (κ1) is 18.9. The third-order valence-electron chi connectivity index (χ3n) is 5.43. The van der Waals surface area contributed by atoms with Crippen LogP contribution >= 0.6 is 0 Å². The molecule has 0 unspecified atom stereocenters. The van der Waals surface area contributed by atoms with Gasteiger partial charge in [-0.05, 0) is 57.0 Å². The van der Waals surface area contributed by atoms with Gasteiger partial charge in [0.05, 0.1) is 17.7 Å². The van der Waals surface area contributed by atoms with Crippen molar-refractivity contribution in [3.63, 3.8) is 0 Å². The lowest BCUT2D eigenvalue weighted by Gasteiger charge is -2.11. The maximum atomic E-state index is 13.8. The van der Waals surface area contributed by atoms with Crippen molar-refractivity contribution >= 4 is 33.5 Å². The van der Waals surface area contributed by atoms with Gasteiger partial charge in [-0.25, -0.2) is 9.18 Å². The Morgan fingerprint density at radius 2 is 1.62 bits per heavy atom. The van der Waals surface area contributed by atoms with E-state index in [1.807, 2.05) is 26.8 Å². The Morgan fingerprint density at radius 1 is 0.966 bits per heavy atom. The van der Waals surface area contributed by atoms with E-state index in [9.17, 15) is 14.0 Å². The molecule has 0 aliphatic rings. The van der Waals surface area contributed by atoms with E-state index in [1.54, 1.807) is 13.0 Å². The summed E-state index contributed by atoms with van der Waals surface area (Å²) in [5.74, 6) is -0.215. The Kier molecular flexibility index (Phi) is 4.49. The first-order chi connectivity index (χ1) is 13.8. The molecule has 2 aromatic heterocycles. The second kappa shape index (κ2) is 6.88. The Labute approximate surface area is 166 Å². The number of furan rings is 1. The Bertz CT molecular complexity index is 1350. The lowest BCUT2D eigenvalue weighted by Crippen LogP contribution is -2.21. The first-order valence-corrected chi connectivity index (χ1v) is 9.28. The summed E-state index contributed by atoms with van der Waals surface area (Å²) in [5.41, 5.74) is 3.33. The van der Waals surface area contributed by atoms with Gasteiger partial charge in [-0.3, -0.25) is 4.79 Å². The number of carbonyl (C=O) groups excluding carboxylic acids is 1. The van der Waals surface area contributed by atoms with Crippen molar-refractivity contribution in [3.8, 4) is 0 Å². The van der Waals surface area contributed by atoms with Crippen molar-refractivity contribution < 1.29 is 18.0 Å². The Balaban J connectivity index is 1.80. The molecule has 0 saturated heterocycles. The van der Waals surface area contributed by atoms with Gasteiger partial charge in [0.2, 0.25) is 5.91 Å². The number of carbonyl (C=O) groups is 1. The highest BCUT2D eigenvalue weighted by Gasteiger charge is 2.20. The van der Waals surface area contributed by atoms with Crippen LogP contribution in [0.2, 0.25) is 0 Å². The smallest absolute Gasteiger partial charge is 0.340 e. The zero-order valence-corrected chi connectivity index (χ0v) is 16.6. The van der Waals surface area contributed by atoms with Crippen molar-refractivity contribution in [2.45, 2.75) is 34.1 Å². The fourth-order valence-electron chi connectivity index (χ4n) is 3.61. The van der Waals surface area contributed by atoms with Gasteiger partial charge >= 0.3 is 5.63 Å². The van der Waals surface area contributed by atoms with Crippen LogP contribution in [0.15, 0.2) is 44.0 Å². The summed E-state index contributed by atoms with van der Waals surface area (Å²) < 4.78 is 25.2. The molecule has 2 heterocycles. The number of benzene rings is 2. The van der Waals surface area contributed by atoms with Crippen LogP contribution in [0, 0.1) is 33.5 Å². The summed E-state index contributed by atoms with van der Waals surface area (Å²) in [6, 6.07) is 7.81. The summed E-state index contributed by atoms with van der Waals surface area (Å²) >= 11 is 0. The van der Waals surface area contributed by atoms with Gasteiger partial charge < -0.3 is 14.2 Å². The van der Waals surface area contributed by atoms with Gasteiger partial charge in [-0.1, -0.05) is 12.1 Å². The average molecular weight is 393 g/mol. The molecule has 0 bridgehead atoms. The molecule has 0 saturated carbocycles. The van der Waals surface area contributed by atoms with Crippen LogP contribution in [-0.4, -0.2) is 5.91 Å². The summed E-state index contributed by atoms with van der Waals surface area (Å²) in [4.78, 5) is 25.1. The summed E-state index contributed by atoms with van der Waals surface area (Å²) in [6.07, 6.45) is -0.209. The molecular weight excluding hydrogens is 373 g/mol. The molecule has 0 aliphatic heterocycles. The molecule has 0 radical (unpaired) electrons. The molecule has 4 rings (SSSR count). The molecule has 0 aliphatic carbocycles. The molecule has 4 aromatic rings. The van der Waals surface area contributed by atoms with E-state index in [-0.39, 0.29) is 17.7 Å². The molecule has 148 valence electrons. The number of amides is 1. The number of aryl methyl sites for hydroxylation is 4. The van der Waals surface area contributed by atoms with Crippen LogP contribution in [0.3, 0.4) is 0 Å². The lowest BCUT2D eigenvalue weighted by atomic mass is 9.98. The molecular formula is C23H20FNO4. The third-order valence-corrected chi connectivity index (χ3v) is 5.43. The van der Waals surface area contributed by atoms with E-state index in [1.165, 1.54) is 18.2 Å². The van der Waals surface area contributed by atoms with Gasteiger partial charge in [0, 0.05) is 16.3 Å². The average Bonchev–Trinajstić information content (AvgIpc) is 2.97. The minimum absolute atomic E-state index is 0.0716. The van der Waals surface area contributed by atoms with Gasteiger partial charge in [0.25, 0.3) is 0 Å². The highest BCUT2D eigenvalue weighted by Crippen LogP contribution is 2.34. The maximum absolute atomic E-state index is 13.8. The SMILES string of the molecule is Cc1oc2c(C)c3oc(=O)c(CC(=O)Nc4ccccc4F)c(C)c3cc2c1C. The molecule has 5 nitrogen and oxygen atoms in total. The second-order valence-electron chi connectivity index (χ2n) is 7.24. The maximum Gasteiger partial charge on any atom is 0.340 e. The molecule has 2 aromatic carbocycles. The van der Waals surface area contributed by atoms with Crippen molar-refractivity contribution in [2.75, 3.05) is 5.32 Å². The highest BCUT2D eigenvalue weighted by atomic mass is 19.1. The van der Waals surface area contributed by atoms with Crippen molar-refractivity contribution in [3.05, 3.63) is 74.6 Å². The fraction of sp³-hybridized carbons (Fsp3) is 0.217. The molecule has 0 spiro atoms. The summed E-state index contributed by atoms with van der Waals surface area (Å²) in [7, 11) is 0. The minimum Gasteiger partial charge on any atom is -0.461 e. The lowest BCUT2D eigenvalue weighted by molar-refractivity contribution is -0.115. The van der Waals surface area contributed by atoms with Crippen molar-refractivity contribution in [1.29, 1.82) is 0 Å². The standard InChI is InChI=1S/C23H20FNO4/c1-11-14(4)28-21-13(3)22-16(9-15(11)21)12(2)17(23(27)29-22)10-20(26)25-19-8-6-5-7-18(19)24/h5-9H,10H2,1-4H3,(H,25,26). The number of halogens is 1. The van der Waals surface area contributed by atoms with Gasteiger partial charge in [0.1, 0.15) is 22.7 Å². The number of hydrogen-bond donors (Lipinski definition) is 1. The largest absolute Gasteiger partial charge is 0.461 e. The normalized spacial score (nSPS) is 11.3.